The number of halogens is 1. The van der Waals surface area contributed by atoms with Crippen LogP contribution in [0.25, 0.3) is 0 Å². The van der Waals surface area contributed by atoms with Crippen molar-refractivity contribution < 1.29 is 31.9 Å². The van der Waals surface area contributed by atoms with Gasteiger partial charge in [0.15, 0.2) is 0 Å². The highest BCUT2D eigenvalue weighted by atomic mass is 32.2. The van der Waals surface area contributed by atoms with Crippen LogP contribution in [-0.2, 0) is 26.2 Å². The van der Waals surface area contributed by atoms with E-state index in [1.165, 1.54) is 55.5 Å². The van der Waals surface area contributed by atoms with Gasteiger partial charge in [-0.05, 0) is 43.7 Å². The number of likely N-dealkylation sites (N-methyl/N-ethyl adjacent to an activating group) is 1. The van der Waals surface area contributed by atoms with E-state index in [1.807, 2.05) is 0 Å². The Kier molecular flexibility index (Phi) is 9.25. The SMILES string of the molecule is CCNC(=O)[C@@H](C)N(Cc1ccc(F)cc1)C(=O)CN(c1cc(OC)ccc1OC)S(C)(=O)=O. The number of amides is 2. The molecule has 2 aromatic carbocycles. The van der Waals surface area contributed by atoms with E-state index in [4.69, 9.17) is 9.47 Å². The number of hydrogen-bond donors (Lipinski definition) is 1. The van der Waals surface area contributed by atoms with Crippen LogP contribution in [0.4, 0.5) is 10.1 Å². The van der Waals surface area contributed by atoms with Gasteiger partial charge in [0.05, 0.1) is 26.2 Å². The molecule has 0 spiro atoms. The lowest BCUT2D eigenvalue weighted by molar-refractivity contribution is -0.139. The number of benzene rings is 2. The topological polar surface area (TPSA) is 105 Å². The summed E-state index contributed by atoms with van der Waals surface area (Å²) in [4.78, 5) is 27.2. The van der Waals surface area contributed by atoms with Crippen molar-refractivity contribution in [3.8, 4) is 11.5 Å². The monoisotopic (exact) mass is 495 g/mol. The molecule has 0 radical (unpaired) electrons. The van der Waals surface area contributed by atoms with Gasteiger partial charge in [-0.3, -0.25) is 13.9 Å². The lowest BCUT2D eigenvalue weighted by Gasteiger charge is -2.31. The number of sulfonamides is 1. The molecule has 186 valence electrons. The molecule has 0 heterocycles. The van der Waals surface area contributed by atoms with Crippen LogP contribution in [0.5, 0.6) is 11.5 Å². The Labute approximate surface area is 199 Å². The Balaban J connectivity index is 2.47. The van der Waals surface area contributed by atoms with Crippen molar-refractivity contribution in [3.05, 3.63) is 53.8 Å². The van der Waals surface area contributed by atoms with Gasteiger partial charge in [-0.25, -0.2) is 12.8 Å². The number of rotatable bonds is 11. The summed E-state index contributed by atoms with van der Waals surface area (Å²) in [5, 5.41) is 2.66. The van der Waals surface area contributed by atoms with Crippen LogP contribution in [0.3, 0.4) is 0 Å². The zero-order chi connectivity index (χ0) is 25.5. The summed E-state index contributed by atoms with van der Waals surface area (Å²) in [7, 11) is -1.13. The predicted octanol–water partition coefficient (Wildman–Crippen LogP) is 2.16. The van der Waals surface area contributed by atoms with Crippen LogP contribution in [-0.4, -0.2) is 64.7 Å². The van der Waals surface area contributed by atoms with Crippen LogP contribution < -0.4 is 19.1 Å². The van der Waals surface area contributed by atoms with Crippen molar-refractivity contribution in [1.82, 2.24) is 10.2 Å². The molecule has 0 unspecified atom stereocenters. The van der Waals surface area contributed by atoms with Crippen molar-refractivity contribution in [2.75, 3.05) is 37.9 Å². The number of carbonyl (C=O) groups excluding carboxylic acids is 2. The Morgan fingerprint density at radius 1 is 1.09 bits per heavy atom. The first-order valence-corrected chi connectivity index (χ1v) is 12.4. The van der Waals surface area contributed by atoms with E-state index in [9.17, 15) is 22.4 Å². The Morgan fingerprint density at radius 3 is 2.26 bits per heavy atom. The van der Waals surface area contributed by atoms with Gasteiger partial charge in [-0.1, -0.05) is 12.1 Å². The molecule has 2 rings (SSSR count). The summed E-state index contributed by atoms with van der Waals surface area (Å²) in [6, 6.07) is 9.17. The second-order valence-electron chi connectivity index (χ2n) is 7.53. The number of hydrogen-bond acceptors (Lipinski definition) is 6. The van der Waals surface area contributed by atoms with Crippen molar-refractivity contribution in [1.29, 1.82) is 0 Å². The maximum absolute atomic E-state index is 13.4. The first kappa shape index (κ1) is 26.9. The van der Waals surface area contributed by atoms with Gasteiger partial charge < -0.3 is 19.7 Å². The van der Waals surface area contributed by atoms with Crippen molar-refractivity contribution >= 4 is 27.5 Å². The van der Waals surface area contributed by atoms with Gasteiger partial charge in [0.1, 0.15) is 29.9 Å². The standard InChI is InChI=1S/C23H30FN3O6S/c1-6-25-23(29)16(2)26(14-17-7-9-18(24)10-8-17)22(28)15-27(34(5,30)31)20-13-19(32-3)11-12-21(20)33-4/h7-13,16H,6,14-15H2,1-5H3,(H,25,29)/t16-/m1/s1. The Morgan fingerprint density at radius 2 is 1.74 bits per heavy atom. The maximum atomic E-state index is 13.4. The molecular formula is C23H30FN3O6S. The average molecular weight is 496 g/mol. The lowest BCUT2D eigenvalue weighted by atomic mass is 10.1. The highest BCUT2D eigenvalue weighted by molar-refractivity contribution is 7.92. The number of anilines is 1. The van der Waals surface area contributed by atoms with Crippen LogP contribution in [0.2, 0.25) is 0 Å². The molecule has 0 aliphatic carbocycles. The third kappa shape index (κ3) is 6.83. The van der Waals surface area contributed by atoms with E-state index in [0.717, 1.165) is 10.6 Å². The van der Waals surface area contributed by atoms with Gasteiger partial charge in [-0.15, -0.1) is 0 Å². The van der Waals surface area contributed by atoms with Gasteiger partial charge in [0.25, 0.3) is 0 Å². The van der Waals surface area contributed by atoms with E-state index < -0.39 is 40.2 Å². The molecule has 34 heavy (non-hydrogen) atoms. The highest BCUT2D eigenvalue weighted by Gasteiger charge is 2.31. The second-order valence-corrected chi connectivity index (χ2v) is 9.43. The van der Waals surface area contributed by atoms with Gasteiger partial charge in [0, 0.05) is 19.2 Å². The zero-order valence-corrected chi connectivity index (χ0v) is 20.7. The minimum atomic E-state index is -3.94. The van der Waals surface area contributed by atoms with Crippen molar-refractivity contribution in [2.45, 2.75) is 26.4 Å². The van der Waals surface area contributed by atoms with E-state index in [0.29, 0.717) is 17.9 Å². The molecule has 11 heteroatoms. The molecule has 2 aromatic rings. The molecule has 0 saturated carbocycles. The molecule has 0 bridgehead atoms. The quantitative estimate of drug-likeness (QED) is 0.512. The summed E-state index contributed by atoms with van der Waals surface area (Å²) in [5.74, 6) is -0.871. The number of methoxy groups -OCH3 is 2. The number of ether oxygens (including phenoxy) is 2. The fourth-order valence-electron chi connectivity index (χ4n) is 3.28. The molecule has 1 atom stereocenters. The Hall–Kier alpha value is -3.34. The molecule has 1 N–H and O–H groups in total. The van der Waals surface area contributed by atoms with E-state index in [2.05, 4.69) is 5.32 Å². The minimum Gasteiger partial charge on any atom is -0.497 e. The minimum absolute atomic E-state index is 0.0235. The molecule has 0 aliphatic heterocycles. The van der Waals surface area contributed by atoms with Crippen molar-refractivity contribution in [2.24, 2.45) is 0 Å². The van der Waals surface area contributed by atoms with Gasteiger partial charge >= 0.3 is 0 Å². The normalized spacial score (nSPS) is 11.9. The summed E-state index contributed by atoms with van der Waals surface area (Å²) in [5.41, 5.74) is 0.695. The third-order valence-corrected chi connectivity index (χ3v) is 6.24. The molecule has 0 fully saturated rings. The van der Waals surface area contributed by atoms with Gasteiger partial charge in [0.2, 0.25) is 21.8 Å². The van der Waals surface area contributed by atoms with E-state index in [1.54, 1.807) is 19.9 Å². The predicted molar refractivity (Wildman–Crippen MR) is 127 cm³/mol. The number of carbonyl (C=O) groups is 2. The first-order valence-electron chi connectivity index (χ1n) is 10.5. The molecule has 0 aromatic heterocycles. The highest BCUT2D eigenvalue weighted by Crippen LogP contribution is 2.34. The summed E-state index contributed by atoms with van der Waals surface area (Å²) in [6.45, 7) is 3.04. The average Bonchev–Trinajstić information content (AvgIpc) is 2.80. The largest absolute Gasteiger partial charge is 0.497 e. The molecule has 2 amide bonds. The first-order chi connectivity index (χ1) is 16.0. The van der Waals surface area contributed by atoms with Crippen LogP contribution >= 0.6 is 0 Å². The van der Waals surface area contributed by atoms with Crippen LogP contribution in [0, 0.1) is 5.82 Å². The Bertz CT molecular complexity index is 1110. The fraction of sp³-hybridized carbons (Fsp3) is 0.391. The van der Waals surface area contributed by atoms with Crippen LogP contribution in [0.15, 0.2) is 42.5 Å². The molecule has 0 saturated heterocycles. The zero-order valence-electron chi connectivity index (χ0n) is 19.9. The summed E-state index contributed by atoms with van der Waals surface area (Å²) < 4.78 is 50.2. The number of nitrogens with one attached hydrogen (secondary N) is 1. The molecule has 9 nitrogen and oxygen atoms in total. The van der Waals surface area contributed by atoms with Crippen LogP contribution in [0.1, 0.15) is 19.4 Å². The molecule has 0 aliphatic rings. The van der Waals surface area contributed by atoms with E-state index >= 15 is 0 Å². The lowest BCUT2D eigenvalue weighted by Crippen LogP contribution is -2.51. The van der Waals surface area contributed by atoms with E-state index in [-0.39, 0.29) is 18.0 Å². The van der Waals surface area contributed by atoms with Crippen molar-refractivity contribution in [3.63, 3.8) is 0 Å². The maximum Gasteiger partial charge on any atom is 0.244 e. The smallest absolute Gasteiger partial charge is 0.244 e. The fourth-order valence-corrected chi connectivity index (χ4v) is 4.12. The summed E-state index contributed by atoms with van der Waals surface area (Å²) >= 11 is 0. The second kappa shape index (κ2) is 11.7. The third-order valence-electron chi connectivity index (χ3n) is 5.12. The molecular weight excluding hydrogens is 465 g/mol. The number of nitrogens with zero attached hydrogens (tertiary/aromatic N) is 2. The summed E-state index contributed by atoms with van der Waals surface area (Å²) in [6.07, 6.45) is 0.969. The van der Waals surface area contributed by atoms with Gasteiger partial charge in [-0.2, -0.15) is 0 Å².